The van der Waals surface area contributed by atoms with Gasteiger partial charge in [-0.25, -0.2) is 9.98 Å². The molecule has 2 fully saturated rings. The minimum atomic E-state index is -4.99. The summed E-state index contributed by atoms with van der Waals surface area (Å²) in [7, 11) is 1.78. The summed E-state index contributed by atoms with van der Waals surface area (Å²) in [5.74, 6) is -1.52. The second kappa shape index (κ2) is 13.2. The van der Waals surface area contributed by atoms with Crippen LogP contribution in [0.25, 0.3) is 0 Å². The van der Waals surface area contributed by atoms with Gasteiger partial charge < -0.3 is 30.7 Å². The topological polar surface area (TPSA) is 150 Å². The molecule has 6 N–H and O–H groups in total. The van der Waals surface area contributed by atoms with Crippen molar-refractivity contribution >= 4 is 56.7 Å². The molecule has 6 rings (SSSR count). The Bertz CT molecular complexity index is 1520. The van der Waals surface area contributed by atoms with Gasteiger partial charge in [0, 0.05) is 9.79 Å². The molecule has 4 aliphatic rings. The van der Waals surface area contributed by atoms with E-state index in [4.69, 9.17) is 0 Å². The molecule has 12 nitrogen and oxygen atoms in total. The van der Waals surface area contributed by atoms with E-state index in [0.717, 1.165) is 45.9 Å². The van der Waals surface area contributed by atoms with Crippen LogP contribution in [0.15, 0.2) is 56.2 Å². The van der Waals surface area contributed by atoms with Crippen LogP contribution < -0.4 is 41.4 Å². The first-order valence-corrected chi connectivity index (χ1v) is 16.8. The van der Waals surface area contributed by atoms with Crippen molar-refractivity contribution in [1.29, 1.82) is 0 Å². The van der Waals surface area contributed by atoms with E-state index in [1.807, 2.05) is 0 Å². The molecule has 2 aromatic carbocycles. The molecule has 0 aromatic heterocycles. The summed E-state index contributed by atoms with van der Waals surface area (Å²) >= 11 is 0. The molecule has 258 valence electrons. The van der Waals surface area contributed by atoms with E-state index in [2.05, 4.69) is 51.4 Å². The second-order valence-corrected chi connectivity index (χ2v) is 13.4. The number of halogens is 6. The summed E-state index contributed by atoms with van der Waals surface area (Å²) in [4.78, 5) is 35.0. The summed E-state index contributed by atoms with van der Waals surface area (Å²) in [5, 5.41) is 17.6. The van der Waals surface area contributed by atoms with Crippen molar-refractivity contribution in [3.05, 3.63) is 36.4 Å². The van der Waals surface area contributed by atoms with E-state index >= 15 is 0 Å². The lowest BCUT2D eigenvalue weighted by Gasteiger charge is -2.27. The van der Waals surface area contributed by atoms with Gasteiger partial charge in [-0.2, -0.15) is 0 Å². The van der Waals surface area contributed by atoms with Crippen molar-refractivity contribution in [3.8, 4) is 11.5 Å². The number of aliphatic imine (C=N–C) groups is 2. The fourth-order valence-electron chi connectivity index (χ4n) is 5.60. The number of piperidine rings is 2. The molecule has 2 aromatic rings. The molecule has 20 heteroatoms. The van der Waals surface area contributed by atoms with Crippen molar-refractivity contribution in [2.75, 3.05) is 36.8 Å². The number of nitrogens with one attached hydrogen (secondary N) is 6. The Morgan fingerprint density at radius 3 is 1.38 bits per heavy atom. The number of hydrogen-bond donors (Lipinski definition) is 6. The number of ether oxygens (including phenoxy) is 2. The van der Waals surface area contributed by atoms with Crippen LogP contribution in [0, 0.1) is 0 Å². The largest absolute Gasteiger partial charge is 0.573 e. The first-order chi connectivity index (χ1) is 22.7. The van der Waals surface area contributed by atoms with E-state index in [-0.39, 0.29) is 44.9 Å². The molecule has 2 spiro atoms. The lowest BCUT2D eigenvalue weighted by molar-refractivity contribution is -0.275. The number of anilines is 2. The maximum atomic E-state index is 13.1. The van der Waals surface area contributed by atoms with E-state index in [1.54, 1.807) is 0 Å². The normalized spacial score (nSPS) is 20.2. The third kappa shape index (κ3) is 7.87. The van der Waals surface area contributed by atoms with Gasteiger partial charge in [0.15, 0.2) is 0 Å². The van der Waals surface area contributed by atoms with Gasteiger partial charge in [-0.3, -0.25) is 20.2 Å². The Morgan fingerprint density at radius 2 is 1.02 bits per heavy atom. The van der Waals surface area contributed by atoms with Gasteiger partial charge in [0.25, 0.3) is 11.8 Å². The first kappa shape index (κ1) is 34.0. The highest BCUT2D eigenvalue weighted by Gasteiger charge is 2.45. The van der Waals surface area contributed by atoms with E-state index in [9.17, 15) is 35.9 Å². The minimum absolute atomic E-state index is 0.1000. The predicted molar refractivity (Wildman–Crippen MR) is 166 cm³/mol. The first-order valence-electron chi connectivity index (χ1n) is 14.6. The molecule has 0 unspecified atom stereocenters. The van der Waals surface area contributed by atoms with Gasteiger partial charge in [0.2, 0.25) is 11.9 Å². The Labute approximate surface area is 277 Å². The smallest absolute Gasteiger partial charge is 0.406 e. The Balaban J connectivity index is 1.28. The highest BCUT2D eigenvalue weighted by atomic mass is 33.1. The van der Waals surface area contributed by atoms with Gasteiger partial charge in [-0.15, -0.1) is 26.3 Å². The molecule has 2 amide bonds. The zero-order valence-electron chi connectivity index (χ0n) is 24.7. The molecule has 0 saturated carbocycles. The molecular formula is C28H28F6N8O4S2. The number of amides is 2. The number of hydrogen-bond acceptors (Lipinski definition) is 12. The quantitative estimate of drug-likeness (QED) is 0.181. The zero-order valence-corrected chi connectivity index (χ0v) is 26.4. The van der Waals surface area contributed by atoms with Crippen LogP contribution >= 0.6 is 21.6 Å². The minimum Gasteiger partial charge on any atom is -0.406 e. The Hall–Kier alpha value is -3.88. The summed E-state index contributed by atoms with van der Waals surface area (Å²) in [5.41, 5.74) is -1.46. The number of carbonyl (C=O) groups excluding carboxylic acids is 2. The SMILES string of the molecule is O=C1NC(Nc2ccc(OC(F)(F)F)cc2SSc2cc(OC(F)(F)F)ccc2NC2=NC3(CCNCC3)C(=O)N2)=NC12CCNCC2. The van der Waals surface area contributed by atoms with Crippen LogP contribution in [-0.2, 0) is 9.59 Å². The summed E-state index contributed by atoms with van der Waals surface area (Å²) < 4.78 is 86.8. The molecule has 4 heterocycles. The Morgan fingerprint density at radius 1 is 0.646 bits per heavy atom. The maximum absolute atomic E-state index is 13.1. The van der Waals surface area contributed by atoms with Crippen molar-refractivity contribution in [1.82, 2.24) is 21.3 Å². The van der Waals surface area contributed by atoms with Crippen LogP contribution in [-0.4, -0.2) is 73.7 Å². The highest BCUT2D eigenvalue weighted by molar-refractivity contribution is 8.76. The van der Waals surface area contributed by atoms with Crippen molar-refractivity contribution in [2.24, 2.45) is 9.98 Å². The third-order valence-corrected chi connectivity index (χ3v) is 10.4. The summed E-state index contributed by atoms with van der Waals surface area (Å²) in [6.45, 7) is 2.31. The second-order valence-electron chi connectivity index (χ2n) is 11.2. The predicted octanol–water partition coefficient (Wildman–Crippen LogP) is 4.32. The van der Waals surface area contributed by atoms with Crippen LogP contribution in [0.2, 0.25) is 0 Å². The molecule has 0 radical (unpaired) electrons. The van der Waals surface area contributed by atoms with E-state index in [1.165, 1.54) is 12.1 Å². The van der Waals surface area contributed by atoms with Crippen molar-refractivity contribution in [2.45, 2.75) is 59.3 Å². The molecular weight excluding hydrogens is 690 g/mol. The van der Waals surface area contributed by atoms with Crippen LogP contribution in [0.4, 0.5) is 37.7 Å². The van der Waals surface area contributed by atoms with E-state index < -0.39 is 35.3 Å². The number of rotatable bonds is 7. The number of carbonyl (C=O) groups is 2. The summed E-state index contributed by atoms with van der Waals surface area (Å²) in [6.07, 6.45) is -8.17. The van der Waals surface area contributed by atoms with E-state index in [0.29, 0.717) is 51.9 Å². The fraction of sp³-hybridized carbons (Fsp3) is 0.429. The fourth-order valence-corrected chi connectivity index (χ4v) is 7.89. The molecule has 0 aliphatic carbocycles. The third-order valence-electron chi connectivity index (χ3n) is 7.92. The number of guanidine groups is 2. The van der Waals surface area contributed by atoms with Crippen LogP contribution in [0.5, 0.6) is 11.5 Å². The molecule has 48 heavy (non-hydrogen) atoms. The van der Waals surface area contributed by atoms with Crippen molar-refractivity contribution < 1.29 is 45.4 Å². The summed E-state index contributed by atoms with van der Waals surface area (Å²) in [6, 6.07) is 6.94. The lowest BCUT2D eigenvalue weighted by Crippen LogP contribution is -2.47. The average Bonchev–Trinajstić information content (AvgIpc) is 3.46. The Kier molecular flexibility index (Phi) is 9.35. The molecule has 0 bridgehead atoms. The maximum Gasteiger partial charge on any atom is 0.573 e. The van der Waals surface area contributed by atoms with Gasteiger partial charge in [0.1, 0.15) is 22.6 Å². The number of benzene rings is 2. The average molecular weight is 719 g/mol. The van der Waals surface area contributed by atoms with Crippen molar-refractivity contribution in [3.63, 3.8) is 0 Å². The van der Waals surface area contributed by atoms with Gasteiger partial charge in [-0.05, 0) is 88.3 Å². The van der Waals surface area contributed by atoms with Gasteiger partial charge in [-0.1, -0.05) is 21.6 Å². The molecule has 4 aliphatic heterocycles. The standard InChI is InChI=1S/C28H28F6N8O4S2/c29-27(30,31)45-15-1-3-17(37-23-39-21(43)25(41-23)5-9-35-10-6-25)19(13-15)47-48-20-14-16(46-28(32,33)34)2-4-18(20)38-24-40-22(44)26(42-24)7-11-36-12-8-26/h1-4,13-14,35-36H,5-12H2,(H2,37,39,41,43)(H2,38,40,42,44). The molecule has 2 saturated heterocycles. The highest BCUT2D eigenvalue weighted by Crippen LogP contribution is 2.47. The zero-order chi connectivity index (χ0) is 34.2. The number of nitrogens with zero attached hydrogens (tertiary/aromatic N) is 2. The van der Waals surface area contributed by atoms with Gasteiger partial charge >= 0.3 is 12.7 Å². The monoisotopic (exact) mass is 718 g/mol. The molecule has 0 atom stereocenters. The van der Waals surface area contributed by atoms with Crippen LogP contribution in [0.1, 0.15) is 25.7 Å². The van der Waals surface area contributed by atoms with Crippen LogP contribution in [0.3, 0.4) is 0 Å². The van der Waals surface area contributed by atoms with Gasteiger partial charge in [0.05, 0.1) is 11.4 Å². The lowest BCUT2D eigenvalue weighted by atomic mass is 9.89. The number of alkyl halides is 6.